The second kappa shape index (κ2) is 6.81. The number of primary amides is 1. The number of nitrogens with two attached hydrogens (primary N) is 1. The van der Waals surface area contributed by atoms with Crippen LogP contribution in [0.1, 0.15) is 18.5 Å². The van der Waals surface area contributed by atoms with E-state index in [4.69, 9.17) is 10.2 Å². The Bertz CT molecular complexity index is 1240. The van der Waals surface area contributed by atoms with Gasteiger partial charge in [0, 0.05) is 22.6 Å². The van der Waals surface area contributed by atoms with Gasteiger partial charge in [0.2, 0.25) is 5.91 Å². The molecule has 0 aliphatic rings. The maximum Gasteiger partial charge on any atom is 0.336 e. The van der Waals surface area contributed by atoms with Crippen LogP contribution in [0.2, 0.25) is 0 Å². The number of hydrogen-bond acceptors (Lipinski definition) is 4. The molecule has 2 aromatic heterocycles. The fourth-order valence-corrected chi connectivity index (χ4v) is 3.36. The van der Waals surface area contributed by atoms with Crippen LogP contribution in [0.3, 0.4) is 0 Å². The second-order valence-corrected chi connectivity index (χ2v) is 6.75. The SMILES string of the molecule is Cc1cc(=O)oc2cc(-c3c(-c4ccccc4)ncn3[C@H](C)C(N)=O)ccc12. The molecule has 4 rings (SSSR count). The molecule has 2 aromatic carbocycles. The Labute approximate surface area is 161 Å². The van der Waals surface area contributed by atoms with Crippen molar-refractivity contribution in [3.05, 3.63) is 76.9 Å². The zero-order valence-electron chi connectivity index (χ0n) is 15.5. The van der Waals surface area contributed by atoms with Crippen molar-refractivity contribution in [1.82, 2.24) is 9.55 Å². The van der Waals surface area contributed by atoms with E-state index in [0.717, 1.165) is 33.5 Å². The van der Waals surface area contributed by atoms with E-state index in [0.29, 0.717) is 5.58 Å². The van der Waals surface area contributed by atoms with Gasteiger partial charge in [-0.25, -0.2) is 9.78 Å². The van der Waals surface area contributed by atoms with Gasteiger partial charge in [0.05, 0.1) is 17.7 Å². The Kier molecular flexibility index (Phi) is 4.31. The van der Waals surface area contributed by atoms with E-state index in [1.807, 2.05) is 49.4 Å². The van der Waals surface area contributed by atoms with Crippen molar-refractivity contribution in [1.29, 1.82) is 0 Å². The lowest BCUT2D eigenvalue weighted by Gasteiger charge is -2.15. The zero-order chi connectivity index (χ0) is 19.8. The van der Waals surface area contributed by atoms with Crippen molar-refractivity contribution in [2.24, 2.45) is 5.73 Å². The molecule has 6 nitrogen and oxygen atoms in total. The largest absolute Gasteiger partial charge is 0.423 e. The van der Waals surface area contributed by atoms with Crippen LogP contribution in [-0.4, -0.2) is 15.5 Å². The first-order valence-electron chi connectivity index (χ1n) is 8.92. The minimum absolute atomic E-state index is 0.399. The number of imidazole rings is 1. The molecular formula is C22H19N3O3. The summed E-state index contributed by atoms with van der Waals surface area (Å²) < 4.78 is 7.15. The van der Waals surface area contributed by atoms with Gasteiger partial charge in [0.15, 0.2) is 0 Å². The van der Waals surface area contributed by atoms with Gasteiger partial charge in [-0.2, -0.15) is 0 Å². The van der Waals surface area contributed by atoms with E-state index in [-0.39, 0.29) is 0 Å². The van der Waals surface area contributed by atoms with E-state index < -0.39 is 17.6 Å². The van der Waals surface area contributed by atoms with Crippen molar-refractivity contribution in [2.45, 2.75) is 19.9 Å². The van der Waals surface area contributed by atoms with E-state index in [1.54, 1.807) is 23.9 Å². The standard InChI is InChI=1S/C22H19N3O3/c1-13-10-19(26)28-18-11-16(8-9-17(13)18)21-20(15-6-4-3-5-7-15)24-12-25(21)14(2)22(23)27/h3-12,14H,1-2H3,(H2,23,27)/t14-/m1/s1. The minimum Gasteiger partial charge on any atom is -0.423 e. The van der Waals surface area contributed by atoms with Gasteiger partial charge in [0.25, 0.3) is 0 Å². The summed E-state index contributed by atoms with van der Waals surface area (Å²) in [5.41, 5.74) is 9.64. The highest BCUT2D eigenvalue weighted by Gasteiger charge is 2.21. The summed E-state index contributed by atoms with van der Waals surface area (Å²) >= 11 is 0. The van der Waals surface area contributed by atoms with Gasteiger partial charge in [-0.1, -0.05) is 42.5 Å². The molecule has 0 saturated carbocycles. The van der Waals surface area contributed by atoms with Crippen LogP contribution < -0.4 is 11.4 Å². The van der Waals surface area contributed by atoms with E-state index in [1.165, 1.54) is 6.07 Å². The molecule has 6 heteroatoms. The monoisotopic (exact) mass is 373 g/mol. The number of aryl methyl sites for hydroxylation is 1. The topological polar surface area (TPSA) is 91.1 Å². The van der Waals surface area contributed by atoms with Gasteiger partial charge < -0.3 is 14.7 Å². The van der Waals surface area contributed by atoms with Crippen LogP contribution >= 0.6 is 0 Å². The van der Waals surface area contributed by atoms with Crippen LogP contribution in [0.15, 0.2) is 70.1 Å². The molecule has 2 N–H and O–H groups in total. The normalized spacial score (nSPS) is 12.2. The summed E-state index contributed by atoms with van der Waals surface area (Å²) in [5, 5.41) is 0.860. The van der Waals surface area contributed by atoms with Crippen LogP contribution in [0.5, 0.6) is 0 Å². The molecule has 4 aromatic rings. The average molecular weight is 373 g/mol. The van der Waals surface area contributed by atoms with Gasteiger partial charge in [-0.15, -0.1) is 0 Å². The summed E-state index contributed by atoms with van der Waals surface area (Å²) in [4.78, 5) is 28.2. The molecule has 2 heterocycles. The lowest BCUT2D eigenvalue weighted by atomic mass is 10.0. The fourth-order valence-electron chi connectivity index (χ4n) is 3.36. The molecular weight excluding hydrogens is 354 g/mol. The van der Waals surface area contributed by atoms with Crippen molar-refractivity contribution >= 4 is 16.9 Å². The third-order valence-electron chi connectivity index (χ3n) is 4.89. The molecule has 1 amide bonds. The van der Waals surface area contributed by atoms with Gasteiger partial charge in [0.1, 0.15) is 11.6 Å². The van der Waals surface area contributed by atoms with Crippen LogP contribution in [0, 0.1) is 6.92 Å². The molecule has 0 spiro atoms. The Morgan fingerprint density at radius 3 is 2.57 bits per heavy atom. The number of rotatable bonds is 4. The lowest BCUT2D eigenvalue weighted by molar-refractivity contribution is -0.120. The van der Waals surface area contributed by atoms with Crippen LogP contribution in [0.25, 0.3) is 33.5 Å². The number of fused-ring (bicyclic) bond motifs is 1. The first kappa shape index (κ1) is 17.7. The zero-order valence-corrected chi connectivity index (χ0v) is 15.5. The van der Waals surface area contributed by atoms with Gasteiger partial charge in [-0.3, -0.25) is 4.79 Å². The van der Waals surface area contributed by atoms with Crippen molar-refractivity contribution in [3.63, 3.8) is 0 Å². The number of aromatic nitrogens is 2. The number of benzene rings is 2. The molecule has 0 radical (unpaired) electrons. The molecule has 140 valence electrons. The minimum atomic E-state index is -0.583. The summed E-state index contributed by atoms with van der Waals surface area (Å²) in [6.45, 7) is 3.60. The van der Waals surface area contributed by atoms with E-state index in [9.17, 15) is 9.59 Å². The number of hydrogen-bond donors (Lipinski definition) is 1. The molecule has 0 fully saturated rings. The van der Waals surface area contributed by atoms with Crippen molar-refractivity contribution in [3.8, 4) is 22.5 Å². The second-order valence-electron chi connectivity index (χ2n) is 6.75. The highest BCUT2D eigenvalue weighted by atomic mass is 16.4. The Morgan fingerprint density at radius 1 is 1.11 bits per heavy atom. The number of carbonyl (C=O) groups excluding carboxylic acids is 1. The Morgan fingerprint density at radius 2 is 1.86 bits per heavy atom. The predicted octanol–water partition coefficient (Wildman–Crippen LogP) is 3.68. The molecule has 28 heavy (non-hydrogen) atoms. The molecule has 0 bridgehead atoms. The first-order valence-corrected chi connectivity index (χ1v) is 8.92. The Hall–Kier alpha value is -3.67. The molecule has 0 unspecified atom stereocenters. The average Bonchev–Trinajstić information content (AvgIpc) is 3.12. The van der Waals surface area contributed by atoms with Crippen molar-refractivity contribution in [2.75, 3.05) is 0 Å². The number of amides is 1. The third kappa shape index (κ3) is 2.99. The number of carbonyl (C=O) groups is 1. The van der Waals surface area contributed by atoms with Crippen molar-refractivity contribution < 1.29 is 9.21 Å². The smallest absolute Gasteiger partial charge is 0.336 e. The van der Waals surface area contributed by atoms with Gasteiger partial charge >= 0.3 is 5.63 Å². The number of nitrogens with zero attached hydrogens (tertiary/aromatic N) is 2. The highest BCUT2D eigenvalue weighted by Crippen LogP contribution is 2.34. The maximum atomic E-state index is 11.8. The maximum absolute atomic E-state index is 11.8. The third-order valence-corrected chi connectivity index (χ3v) is 4.89. The Balaban J connectivity index is 2.00. The fraction of sp³-hybridized carbons (Fsp3) is 0.136. The quantitative estimate of drug-likeness (QED) is 0.553. The summed E-state index contributed by atoms with van der Waals surface area (Å²) in [5.74, 6) is -0.457. The van der Waals surface area contributed by atoms with Gasteiger partial charge in [-0.05, 0) is 25.5 Å². The predicted molar refractivity (Wildman–Crippen MR) is 108 cm³/mol. The first-order chi connectivity index (χ1) is 13.5. The van der Waals surface area contributed by atoms with E-state index >= 15 is 0 Å². The molecule has 0 aliphatic carbocycles. The highest BCUT2D eigenvalue weighted by molar-refractivity contribution is 5.88. The molecule has 0 aliphatic heterocycles. The summed E-state index contributed by atoms with van der Waals surface area (Å²) in [6.07, 6.45) is 1.61. The lowest BCUT2D eigenvalue weighted by Crippen LogP contribution is -2.24. The van der Waals surface area contributed by atoms with Crippen LogP contribution in [0.4, 0.5) is 0 Å². The van der Waals surface area contributed by atoms with Crippen LogP contribution in [-0.2, 0) is 4.79 Å². The van der Waals surface area contributed by atoms with E-state index in [2.05, 4.69) is 4.98 Å². The molecule has 0 saturated heterocycles. The summed E-state index contributed by atoms with van der Waals surface area (Å²) in [6, 6.07) is 16.2. The molecule has 1 atom stereocenters. The summed E-state index contributed by atoms with van der Waals surface area (Å²) in [7, 11) is 0.